The largest absolute Gasteiger partial charge is 0.396 e. The lowest BCUT2D eigenvalue weighted by molar-refractivity contribution is -0.134. The molecule has 0 aliphatic carbocycles. The molecule has 1 aliphatic heterocycles. The molecule has 0 spiro atoms. The second kappa shape index (κ2) is 10.1. The predicted molar refractivity (Wildman–Crippen MR) is 124 cm³/mol. The number of benzene rings is 1. The van der Waals surface area contributed by atoms with Crippen molar-refractivity contribution in [1.29, 1.82) is 5.26 Å². The lowest BCUT2D eigenvalue weighted by Gasteiger charge is -2.33. The lowest BCUT2D eigenvalue weighted by atomic mass is 9.98. The van der Waals surface area contributed by atoms with Crippen molar-refractivity contribution >= 4 is 44.8 Å². The van der Waals surface area contributed by atoms with Crippen molar-refractivity contribution in [3.8, 4) is 6.07 Å². The molecule has 2 heterocycles. The maximum absolute atomic E-state index is 13.3. The van der Waals surface area contributed by atoms with Crippen molar-refractivity contribution in [2.24, 2.45) is 5.92 Å². The number of hydrogen-bond acceptors (Lipinski definition) is 5. The molecule has 2 aromatic rings. The van der Waals surface area contributed by atoms with Crippen LogP contribution < -0.4 is 10.5 Å². The monoisotopic (exact) mass is 497 g/mol. The van der Waals surface area contributed by atoms with Crippen molar-refractivity contribution in [3.63, 3.8) is 0 Å². The number of aryl methyl sites for hydroxylation is 1. The molecular formula is C21H25Cl2N5O3S. The molecule has 1 atom stereocenters. The first-order chi connectivity index (χ1) is 15.1. The summed E-state index contributed by atoms with van der Waals surface area (Å²) in [5.41, 5.74) is 6.23. The van der Waals surface area contributed by atoms with Gasteiger partial charge in [-0.15, -0.1) is 0 Å². The quantitative estimate of drug-likeness (QED) is 0.568. The fraction of sp³-hybridized carbons (Fsp3) is 0.429. The number of hydrogen-bond donors (Lipinski definition) is 2. The molecule has 8 nitrogen and oxygen atoms in total. The highest BCUT2D eigenvalue weighted by Crippen LogP contribution is 2.31. The van der Waals surface area contributed by atoms with Gasteiger partial charge in [-0.3, -0.25) is 4.79 Å². The third kappa shape index (κ3) is 5.56. The molecule has 1 aromatic heterocycles. The number of nitriles is 1. The van der Waals surface area contributed by atoms with Gasteiger partial charge in [0.1, 0.15) is 17.8 Å². The Morgan fingerprint density at radius 1 is 1.31 bits per heavy atom. The van der Waals surface area contributed by atoms with Crippen LogP contribution in [0.2, 0.25) is 10.0 Å². The van der Waals surface area contributed by atoms with Gasteiger partial charge in [-0.1, -0.05) is 30.1 Å². The van der Waals surface area contributed by atoms with Gasteiger partial charge in [-0.25, -0.2) is 8.42 Å². The first-order valence-electron chi connectivity index (χ1n) is 10.2. The number of likely N-dealkylation sites (tertiary alicyclic amines) is 1. The minimum absolute atomic E-state index is 0.0109. The van der Waals surface area contributed by atoms with Gasteiger partial charge in [0.05, 0.1) is 20.6 Å². The van der Waals surface area contributed by atoms with E-state index < -0.39 is 16.1 Å². The summed E-state index contributed by atoms with van der Waals surface area (Å²) >= 11 is 12.0. The zero-order chi connectivity index (χ0) is 23.5. The molecule has 172 valence electrons. The van der Waals surface area contributed by atoms with Gasteiger partial charge >= 0.3 is 0 Å². The molecular weight excluding hydrogens is 473 g/mol. The molecule has 3 N–H and O–H groups in total. The summed E-state index contributed by atoms with van der Waals surface area (Å²) in [5, 5.41) is 9.25. The van der Waals surface area contributed by atoms with E-state index >= 15 is 0 Å². The Hall–Kier alpha value is -2.25. The van der Waals surface area contributed by atoms with E-state index in [1.807, 2.05) is 0 Å². The normalized spacial score (nSPS) is 16.0. The number of nitrogen functional groups attached to an aromatic ring is 1. The topological polar surface area (TPSA) is 121 Å². The fourth-order valence-electron chi connectivity index (χ4n) is 3.63. The number of rotatable bonds is 7. The summed E-state index contributed by atoms with van der Waals surface area (Å²) in [5.74, 6) is 0.227. The predicted octanol–water partition coefficient (Wildman–Crippen LogP) is 3.24. The zero-order valence-corrected chi connectivity index (χ0v) is 19.9. The molecule has 0 bridgehead atoms. The molecule has 11 heteroatoms. The average molecular weight is 498 g/mol. The molecule has 0 saturated carbocycles. The van der Waals surface area contributed by atoms with Gasteiger partial charge in [-0.05, 0) is 49.4 Å². The number of amides is 1. The van der Waals surface area contributed by atoms with Gasteiger partial charge < -0.3 is 15.2 Å². The number of carbonyl (C=O) groups excluding carboxylic acids is 1. The number of carbonyl (C=O) groups is 1. The molecule has 1 fully saturated rings. The Labute approximate surface area is 197 Å². The number of halogens is 2. The van der Waals surface area contributed by atoms with Crippen LogP contribution in [0.5, 0.6) is 0 Å². The summed E-state index contributed by atoms with van der Waals surface area (Å²) < 4.78 is 30.4. The average Bonchev–Trinajstić information content (AvgIpc) is 3.22. The van der Waals surface area contributed by atoms with E-state index in [1.165, 1.54) is 12.1 Å². The van der Waals surface area contributed by atoms with E-state index in [1.54, 1.807) is 27.8 Å². The number of anilines is 1. The van der Waals surface area contributed by atoms with Crippen LogP contribution in [-0.2, 0) is 21.4 Å². The number of nitrogens with one attached hydrogen (secondary N) is 1. The van der Waals surface area contributed by atoms with Crippen LogP contribution in [0.15, 0.2) is 35.4 Å². The molecule has 1 aliphatic rings. The summed E-state index contributed by atoms with van der Waals surface area (Å²) in [6.45, 7) is 3.57. The smallest absolute Gasteiger partial charge is 0.241 e. The van der Waals surface area contributed by atoms with Crippen LogP contribution in [0.3, 0.4) is 0 Å². The van der Waals surface area contributed by atoms with Crippen molar-refractivity contribution in [1.82, 2.24) is 14.2 Å². The lowest BCUT2D eigenvalue weighted by Crippen LogP contribution is -2.50. The van der Waals surface area contributed by atoms with Crippen molar-refractivity contribution in [2.75, 3.05) is 18.8 Å². The molecule has 32 heavy (non-hydrogen) atoms. The maximum Gasteiger partial charge on any atom is 0.241 e. The standard InChI is InChI=1S/C21H25Cl2N5O3S/c1-14-4-8-28(9-5-14)21(29)19(6-10-27-7-2-3-15(27)13-24)26-32(30,31)16-11-17(22)20(25)18(23)12-16/h2-3,7,11-12,14,19,26H,4-6,8-10,25H2,1H3/t19-/m0/s1. The maximum atomic E-state index is 13.3. The molecule has 1 aromatic carbocycles. The van der Waals surface area contributed by atoms with Crippen LogP contribution >= 0.6 is 23.2 Å². The zero-order valence-electron chi connectivity index (χ0n) is 17.6. The molecule has 1 amide bonds. The molecule has 3 rings (SSSR count). The number of piperidine rings is 1. The SMILES string of the molecule is CC1CCN(C(=O)[C@H](CCn2cccc2C#N)NS(=O)(=O)c2cc(Cl)c(N)c(Cl)c2)CC1. The Balaban J connectivity index is 1.85. The highest BCUT2D eigenvalue weighted by atomic mass is 35.5. The second-order valence-electron chi connectivity index (χ2n) is 7.97. The summed E-state index contributed by atoms with van der Waals surface area (Å²) in [6, 6.07) is 6.85. The second-order valence-corrected chi connectivity index (χ2v) is 10.5. The Morgan fingerprint density at radius 2 is 1.94 bits per heavy atom. The fourth-order valence-corrected chi connectivity index (χ4v) is 5.52. The van der Waals surface area contributed by atoms with Crippen LogP contribution in [0.4, 0.5) is 5.69 Å². The van der Waals surface area contributed by atoms with E-state index in [9.17, 15) is 18.5 Å². The van der Waals surface area contributed by atoms with Crippen molar-refractivity contribution in [3.05, 3.63) is 46.2 Å². The summed E-state index contributed by atoms with van der Waals surface area (Å²) in [7, 11) is -4.12. The summed E-state index contributed by atoms with van der Waals surface area (Å²) in [6.07, 6.45) is 3.62. The van der Waals surface area contributed by atoms with Crippen LogP contribution in [0, 0.1) is 17.2 Å². The molecule has 0 radical (unpaired) electrons. The van der Waals surface area contributed by atoms with E-state index in [0.29, 0.717) is 31.2 Å². The molecule has 0 unspecified atom stereocenters. The number of sulfonamides is 1. The molecule has 1 saturated heterocycles. The van der Waals surface area contributed by atoms with E-state index in [4.69, 9.17) is 28.9 Å². The minimum atomic E-state index is -4.12. The van der Waals surface area contributed by atoms with E-state index in [0.717, 1.165) is 12.8 Å². The first-order valence-corrected chi connectivity index (χ1v) is 12.5. The van der Waals surface area contributed by atoms with Crippen molar-refractivity contribution < 1.29 is 13.2 Å². The van der Waals surface area contributed by atoms with Gasteiger partial charge in [-0.2, -0.15) is 9.98 Å². The highest BCUT2D eigenvalue weighted by molar-refractivity contribution is 7.89. The first kappa shape index (κ1) is 24.4. The van der Waals surface area contributed by atoms with Gasteiger partial charge in [0, 0.05) is 25.8 Å². The Morgan fingerprint density at radius 3 is 2.53 bits per heavy atom. The van der Waals surface area contributed by atoms with E-state index in [-0.39, 0.29) is 33.0 Å². The minimum Gasteiger partial charge on any atom is -0.396 e. The number of nitrogens with two attached hydrogens (primary N) is 1. The van der Waals surface area contributed by atoms with Crippen LogP contribution in [-0.4, -0.2) is 42.9 Å². The highest BCUT2D eigenvalue weighted by Gasteiger charge is 2.31. The summed E-state index contributed by atoms with van der Waals surface area (Å²) in [4.78, 5) is 14.8. The third-order valence-electron chi connectivity index (χ3n) is 5.66. The van der Waals surface area contributed by atoms with Gasteiger partial charge in [0.2, 0.25) is 15.9 Å². The Bertz CT molecular complexity index is 1110. The van der Waals surface area contributed by atoms with Crippen molar-refractivity contribution in [2.45, 2.75) is 43.7 Å². The number of nitrogens with zero attached hydrogens (tertiary/aromatic N) is 3. The third-order valence-corrected chi connectivity index (χ3v) is 7.73. The Kier molecular flexibility index (Phi) is 7.72. The van der Waals surface area contributed by atoms with Gasteiger partial charge in [0.25, 0.3) is 0 Å². The van der Waals surface area contributed by atoms with Crippen LogP contribution in [0.1, 0.15) is 31.9 Å². The van der Waals surface area contributed by atoms with E-state index in [2.05, 4.69) is 17.7 Å². The van der Waals surface area contributed by atoms with Crippen LogP contribution in [0.25, 0.3) is 0 Å². The number of aromatic nitrogens is 1. The van der Waals surface area contributed by atoms with Gasteiger partial charge in [0.15, 0.2) is 0 Å².